The van der Waals surface area contributed by atoms with Crippen molar-refractivity contribution >= 4 is 6.08 Å². The van der Waals surface area contributed by atoms with Gasteiger partial charge in [-0.1, -0.05) is 25.1 Å². The minimum absolute atomic E-state index is 0.672. The molecule has 0 amide bonds. The number of rotatable bonds is 7. The molecule has 94 valence electrons. The molecule has 3 heteroatoms. The molecular formula is C14H21NO2. The average molecular weight is 235 g/mol. The minimum atomic E-state index is 0.672. The third-order valence-corrected chi connectivity index (χ3v) is 2.29. The summed E-state index contributed by atoms with van der Waals surface area (Å²) in [5.74, 6) is 1.57. The van der Waals surface area contributed by atoms with Crippen LogP contribution in [0.25, 0.3) is 6.08 Å². The van der Waals surface area contributed by atoms with E-state index >= 15 is 0 Å². The predicted molar refractivity (Wildman–Crippen MR) is 71.5 cm³/mol. The van der Waals surface area contributed by atoms with Gasteiger partial charge in [0, 0.05) is 0 Å². The van der Waals surface area contributed by atoms with Crippen molar-refractivity contribution in [3.8, 4) is 11.5 Å². The fraction of sp³-hybridized carbons (Fsp3) is 0.429. The zero-order valence-corrected chi connectivity index (χ0v) is 10.6. The Morgan fingerprint density at radius 2 is 2.12 bits per heavy atom. The summed E-state index contributed by atoms with van der Waals surface area (Å²) in [7, 11) is 1.65. The van der Waals surface area contributed by atoms with Gasteiger partial charge in [-0.2, -0.15) is 0 Å². The molecule has 3 nitrogen and oxygen atoms in total. The highest BCUT2D eigenvalue weighted by molar-refractivity contribution is 5.55. The van der Waals surface area contributed by atoms with Crippen LogP contribution in [0.5, 0.6) is 11.5 Å². The van der Waals surface area contributed by atoms with Crippen molar-refractivity contribution in [3.05, 3.63) is 29.8 Å². The van der Waals surface area contributed by atoms with Crippen LogP contribution in [-0.2, 0) is 0 Å². The highest BCUT2D eigenvalue weighted by Gasteiger charge is 2.03. The normalized spacial score (nSPS) is 10.8. The van der Waals surface area contributed by atoms with E-state index in [1.54, 1.807) is 7.11 Å². The maximum absolute atomic E-state index is 5.64. The van der Waals surface area contributed by atoms with E-state index in [0.29, 0.717) is 13.2 Å². The summed E-state index contributed by atoms with van der Waals surface area (Å²) in [4.78, 5) is 0. The molecule has 0 saturated carbocycles. The van der Waals surface area contributed by atoms with Crippen molar-refractivity contribution in [2.45, 2.75) is 19.8 Å². The van der Waals surface area contributed by atoms with E-state index in [4.69, 9.17) is 15.2 Å². The van der Waals surface area contributed by atoms with E-state index in [1.165, 1.54) is 0 Å². The van der Waals surface area contributed by atoms with Crippen LogP contribution >= 0.6 is 0 Å². The van der Waals surface area contributed by atoms with Gasteiger partial charge in [0.25, 0.3) is 0 Å². The molecule has 1 aromatic rings. The summed E-state index contributed by atoms with van der Waals surface area (Å²) in [5, 5.41) is 0. The number of methoxy groups -OCH3 is 1. The van der Waals surface area contributed by atoms with Gasteiger partial charge in [-0.3, -0.25) is 0 Å². The molecule has 0 spiro atoms. The Labute approximate surface area is 103 Å². The summed E-state index contributed by atoms with van der Waals surface area (Å²) in [5.41, 5.74) is 6.54. The topological polar surface area (TPSA) is 44.5 Å². The lowest BCUT2D eigenvalue weighted by molar-refractivity contribution is 0.294. The molecule has 0 heterocycles. The fourth-order valence-corrected chi connectivity index (χ4v) is 1.44. The molecule has 0 saturated heterocycles. The third kappa shape index (κ3) is 4.49. The standard InChI is InChI=1S/C14H21NO2/c1-3-10-17-14-11-12(6-4-5-9-15)7-8-13(14)16-2/h4,6-8,11H,3,5,9-10,15H2,1-2H3/b6-4+. The van der Waals surface area contributed by atoms with Crippen molar-refractivity contribution in [1.82, 2.24) is 0 Å². The molecule has 0 aliphatic carbocycles. The average Bonchev–Trinajstić information content (AvgIpc) is 2.37. The Bertz CT molecular complexity index is 361. The monoisotopic (exact) mass is 235 g/mol. The van der Waals surface area contributed by atoms with Crippen LogP contribution in [0.4, 0.5) is 0 Å². The van der Waals surface area contributed by atoms with Gasteiger partial charge in [0.05, 0.1) is 13.7 Å². The van der Waals surface area contributed by atoms with E-state index in [0.717, 1.165) is 29.9 Å². The second-order valence-corrected chi connectivity index (χ2v) is 3.74. The summed E-state index contributed by atoms with van der Waals surface area (Å²) < 4.78 is 10.9. The molecule has 2 N–H and O–H groups in total. The summed E-state index contributed by atoms with van der Waals surface area (Å²) in [6.07, 6.45) is 5.98. The van der Waals surface area contributed by atoms with E-state index in [9.17, 15) is 0 Å². The van der Waals surface area contributed by atoms with Gasteiger partial charge in [0.2, 0.25) is 0 Å². The Kier molecular flexibility index (Phi) is 6.18. The molecule has 0 aliphatic rings. The Balaban J connectivity index is 2.80. The second kappa shape index (κ2) is 7.74. The van der Waals surface area contributed by atoms with E-state index in [-0.39, 0.29) is 0 Å². The number of benzene rings is 1. The largest absolute Gasteiger partial charge is 0.493 e. The van der Waals surface area contributed by atoms with Crippen molar-refractivity contribution in [2.75, 3.05) is 20.3 Å². The molecule has 1 rings (SSSR count). The lowest BCUT2D eigenvalue weighted by Gasteiger charge is -2.10. The minimum Gasteiger partial charge on any atom is -0.493 e. The number of ether oxygens (including phenoxy) is 2. The fourth-order valence-electron chi connectivity index (χ4n) is 1.44. The van der Waals surface area contributed by atoms with Gasteiger partial charge >= 0.3 is 0 Å². The van der Waals surface area contributed by atoms with Crippen LogP contribution < -0.4 is 15.2 Å². The first-order valence-electron chi connectivity index (χ1n) is 5.99. The first kappa shape index (κ1) is 13.6. The summed E-state index contributed by atoms with van der Waals surface area (Å²) in [6, 6.07) is 5.92. The van der Waals surface area contributed by atoms with Gasteiger partial charge in [0.15, 0.2) is 11.5 Å². The van der Waals surface area contributed by atoms with Crippen molar-refractivity contribution in [3.63, 3.8) is 0 Å². The maximum atomic E-state index is 5.64. The van der Waals surface area contributed by atoms with Crippen LogP contribution in [0.2, 0.25) is 0 Å². The first-order valence-corrected chi connectivity index (χ1v) is 5.99. The van der Waals surface area contributed by atoms with E-state index < -0.39 is 0 Å². The molecule has 1 aromatic carbocycles. The van der Waals surface area contributed by atoms with E-state index in [1.807, 2.05) is 24.3 Å². The molecule has 0 radical (unpaired) electrons. The Morgan fingerprint density at radius 3 is 2.76 bits per heavy atom. The van der Waals surface area contributed by atoms with Gasteiger partial charge in [-0.15, -0.1) is 0 Å². The van der Waals surface area contributed by atoms with Crippen LogP contribution in [0, 0.1) is 0 Å². The summed E-state index contributed by atoms with van der Waals surface area (Å²) >= 11 is 0. The van der Waals surface area contributed by atoms with Crippen LogP contribution in [-0.4, -0.2) is 20.3 Å². The Morgan fingerprint density at radius 1 is 1.29 bits per heavy atom. The van der Waals surface area contributed by atoms with Crippen molar-refractivity contribution in [1.29, 1.82) is 0 Å². The number of nitrogens with two attached hydrogens (primary N) is 1. The molecule has 17 heavy (non-hydrogen) atoms. The van der Waals surface area contributed by atoms with Crippen molar-refractivity contribution in [2.24, 2.45) is 5.73 Å². The molecule has 0 aromatic heterocycles. The van der Waals surface area contributed by atoms with Crippen LogP contribution in [0.15, 0.2) is 24.3 Å². The second-order valence-electron chi connectivity index (χ2n) is 3.74. The smallest absolute Gasteiger partial charge is 0.161 e. The lowest BCUT2D eigenvalue weighted by Crippen LogP contribution is -1.98. The molecule has 0 bridgehead atoms. The predicted octanol–water partition coefficient (Wildman–Crippen LogP) is 2.85. The van der Waals surface area contributed by atoms with Gasteiger partial charge in [-0.25, -0.2) is 0 Å². The molecule has 0 unspecified atom stereocenters. The number of hydrogen-bond donors (Lipinski definition) is 1. The highest BCUT2D eigenvalue weighted by atomic mass is 16.5. The first-order chi connectivity index (χ1) is 8.31. The van der Waals surface area contributed by atoms with Gasteiger partial charge in [-0.05, 0) is 37.1 Å². The molecular weight excluding hydrogens is 214 g/mol. The number of hydrogen-bond acceptors (Lipinski definition) is 3. The van der Waals surface area contributed by atoms with Crippen molar-refractivity contribution < 1.29 is 9.47 Å². The third-order valence-electron chi connectivity index (χ3n) is 2.29. The molecule has 0 aliphatic heterocycles. The van der Waals surface area contributed by atoms with Crippen LogP contribution in [0.3, 0.4) is 0 Å². The van der Waals surface area contributed by atoms with Crippen LogP contribution in [0.1, 0.15) is 25.3 Å². The lowest BCUT2D eigenvalue weighted by atomic mass is 10.1. The SMILES string of the molecule is CCCOc1cc(/C=C/CCN)ccc1OC. The van der Waals surface area contributed by atoms with Gasteiger partial charge in [0.1, 0.15) is 0 Å². The molecule has 0 atom stereocenters. The van der Waals surface area contributed by atoms with E-state index in [2.05, 4.69) is 13.0 Å². The zero-order chi connectivity index (χ0) is 12.5. The Hall–Kier alpha value is -1.48. The zero-order valence-electron chi connectivity index (χ0n) is 10.6. The maximum Gasteiger partial charge on any atom is 0.161 e. The molecule has 0 fully saturated rings. The highest BCUT2D eigenvalue weighted by Crippen LogP contribution is 2.28. The summed E-state index contributed by atoms with van der Waals surface area (Å²) in [6.45, 7) is 3.45. The quantitative estimate of drug-likeness (QED) is 0.790. The van der Waals surface area contributed by atoms with Gasteiger partial charge < -0.3 is 15.2 Å².